The van der Waals surface area contributed by atoms with Crippen LogP contribution in [0.15, 0.2) is 12.1 Å². The Labute approximate surface area is 88.3 Å². The fourth-order valence-electron chi connectivity index (χ4n) is 1.66. The van der Waals surface area contributed by atoms with Crippen LogP contribution < -0.4 is 0 Å². The lowest BCUT2D eigenvalue weighted by atomic mass is 10.1. The molecule has 14 heavy (non-hydrogen) atoms. The zero-order valence-corrected chi connectivity index (χ0v) is 8.86. The number of nitrogens with one attached hydrogen (secondary N) is 1. The number of halogens is 1. The smallest absolute Gasteiger partial charge is 0.107 e. The van der Waals surface area contributed by atoms with E-state index in [4.69, 9.17) is 11.6 Å². The van der Waals surface area contributed by atoms with E-state index in [1.807, 2.05) is 12.1 Å². The highest BCUT2D eigenvalue weighted by molar-refractivity contribution is 6.31. The summed E-state index contributed by atoms with van der Waals surface area (Å²) in [6, 6.07) is 3.87. The SMILES string of the molecule is [CH2]c1nc2c(CCC)cc(Cl)cc2[nH]1. The van der Waals surface area contributed by atoms with Gasteiger partial charge in [0, 0.05) is 11.9 Å². The molecule has 1 heterocycles. The van der Waals surface area contributed by atoms with Crippen molar-refractivity contribution >= 4 is 22.6 Å². The van der Waals surface area contributed by atoms with E-state index in [1.54, 1.807) is 0 Å². The molecule has 0 bridgehead atoms. The summed E-state index contributed by atoms with van der Waals surface area (Å²) in [4.78, 5) is 7.44. The lowest BCUT2D eigenvalue weighted by Gasteiger charge is -2.00. The number of fused-ring (bicyclic) bond motifs is 1. The highest BCUT2D eigenvalue weighted by Crippen LogP contribution is 2.23. The molecule has 0 atom stereocenters. The standard InChI is InChI=1S/C11H12ClN2/c1-3-4-8-5-9(12)6-10-11(8)14-7(2)13-10/h5-6H,2-4H2,1H3,(H,13,14). The van der Waals surface area contributed by atoms with Crippen molar-refractivity contribution in [2.45, 2.75) is 19.8 Å². The predicted molar refractivity (Wildman–Crippen MR) is 59.6 cm³/mol. The van der Waals surface area contributed by atoms with Gasteiger partial charge in [0.1, 0.15) is 5.82 Å². The third-order valence-electron chi connectivity index (χ3n) is 2.20. The highest BCUT2D eigenvalue weighted by Gasteiger charge is 2.06. The molecule has 0 saturated carbocycles. The molecule has 0 aliphatic rings. The number of aryl methyl sites for hydroxylation is 1. The lowest BCUT2D eigenvalue weighted by molar-refractivity contribution is 0.927. The van der Waals surface area contributed by atoms with Gasteiger partial charge in [0.15, 0.2) is 0 Å². The maximum absolute atomic E-state index is 6.00. The van der Waals surface area contributed by atoms with Gasteiger partial charge in [-0.05, 0) is 24.1 Å². The zero-order valence-electron chi connectivity index (χ0n) is 8.10. The second-order valence-electron chi connectivity index (χ2n) is 3.39. The van der Waals surface area contributed by atoms with Gasteiger partial charge in [-0.2, -0.15) is 0 Å². The first kappa shape index (κ1) is 9.53. The van der Waals surface area contributed by atoms with E-state index in [9.17, 15) is 0 Å². The zero-order chi connectivity index (χ0) is 10.1. The van der Waals surface area contributed by atoms with Crippen molar-refractivity contribution in [3.8, 4) is 0 Å². The summed E-state index contributed by atoms with van der Waals surface area (Å²) < 4.78 is 0. The van der Waals surface area contributed by atoms with E-state index in [0.29, 0.717) is 5.82 Å². The number of hydrogen-bond donors (Lipinski definition) is 1. The van der Waals surface area contributed by atoms with Crippen molar-refractivity contribution in [1.29, 1.82) is 0 Å². The van der Waals surface area contributed by atoms with Gasteiger partial charge in [-0.25, -0.2) is 4.98 Å². The molecule has 2 nitrogen and oxygen atoms in total. The van der Waals surface area contributed by atoms with Crippen molar-refractivity contribution < 1.29 is 0 Å². The van der Waals surface area contributed by atoms with Gasteiger partial charge in [0.2, 0.25) is 0 Å². The molecule has 0 saturated heterocycles. The number of hydrogen-bond acceptors (Lipinski definition) is 1. The minimum Gasteiger partial charge on any atom is -0.342 e. The summed E-state index contributed by atoms with van der Waals surface area (Å²) in [6.45, 7) is 5.92. The minimum absolute atomic E-state index is 0.694. The van der Waals surface area contributed by atoms with Gasteiger partial charge in [-0.1, -0.05) is 24.9 Å². The lowest BCUT2D eigenvalue weighted by Crippen LogP contribution is -1.85. The van der Waals surface area contributed by atoms with E-state index >= 15 is 0 Å². The van der Waals surface area contributed by atoms with E-state index < -0.39 is 0 Å². The van der Waals surface area contributed by atoms with Gasteiger partial charge in [0.25, 0.3) is 0 Å². The molecule has 1 radical (unpaired) electrons. The fourth-order valence-corrected chi connectivity index (χ4v) is 1.90. The monoisotopic (exact) mass is 207 g/mol. The molecule has 0 amide bonds. The Bertz CT molecular complexity index is 460. The molecule has 1 aromatic carbocycles. The first-order valence-electron chi connectivity index (χ1n) is 4.71. The molecule has 1 aromatic heterocycles. The summed E-state index contributed by atoms with van der Waals surface area (Å²) in [5, 5.41) is 0.754. The Kier molecular flexibility index (Phi) is 2.46. The second-order valence-corrected chi connectivity index (χ2v) is 3.83. The van der Waals surface area contributed by atoms with Crippen LogP contribution in [0.4, 0.5) is 0 Å². The van der Waals surface area contributed by atoms with E-state index in [2.05, 4.69) is 23.8 Å². The van der Waals surface area contributed by atoms with Crippen LogP contribution in [0, 0.1) is 6.92 Å². The largest absolute Gasteiger partial charge is 0.342 e. The van der Waals surface area contributed by atoms with E-state index in [0.717, 1.165) is 28.9 Å². The summed E-state index contributed by atoms with van der Waals surface area (Å²) >= 11 is 6.00. The Hall–Kier alpha value is -1.02. The van der Waals surface area contributed by atoms with Crippen LogP contribution >= 0.6 is 11.6 Å². The third-order valence-corrected chi connectivity index (χ3v) is 2.42. The third kappa shape index (κ3) is 1.62. The van der Waals surface area contributed by atoms with Gasteiger partial charge in [-0.3, -0.25) is 0 Å². The fraction of sp³-hybridized carbons (Fsp3) is 0.273. The molecule has 0 unspecified atom stereocenters. The molecule has 0 fully saturated rings. The first-order valence-corrected chi connectivity index (χ1v) is 5.08. The maximum atomic E-state index is 6.00. The van der Waals surface area contributed by atoms with Crippen molar-refractivity contribution in [3.63, 3.8) is 0 Å². The molecule has 2 aromatic rings. The van der Waals surface area contributed by atoms with Crippen LogP contribution in [0.2, 0.25) is 5.02 Å². The Morgan fingerprint density at radius 1 is 1.50 bits per heavy atom. The quantitative estimate of drug-likeness (QED) is 0.804. The Morgan fingerprint density at radius 2 is 2.29 bits per heavy atom. The second kappa shape index (κ2) is 3.62. The van der Waals surface area contributed by atoms with Crippen molar-refractivity contribution in [2.75, 3.05) is 0 Å². The van der Waals surface area contributed by atoms with Crippen LogP contribution in [-0.4, -0.2) is 9.97 Å². The number of nitrogens with zero attached hydrogens (tertiary/aromatic N) is 1. The van der Waals surface area contributed by atoms with Gasteiger partial charge in [-0.15, -0.1) is 0 Å². The van der Waals surface area contributed by atoms with Gasteiger partial charge < -0.3 is 4.98 Å². The topological polar surface area (TPSA) is 28.7 Å². The Balaban J connectivity index is 2.66. The van der Waals surface area contributed by atoms with Crippen molar-refractivity contribution in [1.82, 2.24) is 9.97 Å². The van der Waals surface area contributed by atoms with Crippen LogP contribution in [0.3, 0.4) is 0 Å². The number of rotatable bonds is 2. The minimum atomic E-state index is 0.694. The summed E-state index contributed by atoms with van der Waals surface area (Å²) in [6.07, 6.45) is 2.09. The number of aromatic amines is 1. The molecule has 73 valence electrons. The van der Waals surface area contributed by atoms with Crippen LogP contribution in [0.25, 0.3) is 11.0 Å². The summed E-state index contributed by atoms with van der Waals surface area (Å²) in [7, 11) is 0. The average Bonchev–Trinajstić information content (AvgIpc) is 2.45. The Morgan fingerprint density at radius 3 is 3.00 bits per heavy atom. The molecule has 0 aliphatic carbocycles. The molecule has 0 aliphatic heterocycles. The number of imidazole rings is 1. The molecule has 1 N–H and O–H groups in total. The van der Waals surface area contributed by atoms with Gasteiger partial charge in [0.05, 0.1) is 11.0 Å². The van der Waals surface area contributed by atoms with Gasteiger partial charge >= 0.3 is 0 Å². The molecular weight excluding hydrogens is 196 g/mol. The number of H-pyrrole nitrogens is 1. The van der Waals surface area contributed by atoms with Crippen molar-refractivity contribution in [2.24, 2.45) is 0 Å². The van der Waals surface area contributed by atoms with Crippen molar-refractivity contribution in [3.05, 3.63) is 35.5 Å². The van der Waals surface area contributed by atoms with Crippen LogP contribution in [0.5, 0.6) is 0 Å². The van der Waals surface area contributed by atoms with E-state index in [1.165, 1.54) is 5.56 Å². The molecule has 0 spiro atoms. The van der Waals surface area contributed by atoms with E-state index in [-0.39, 0.29) is 0 Å². The average molecular weight is 208 g/mol. The highest BCUT2D eigenvalue weighted by atomic mass is 35.5. The molecule has 3 heteroatoms. The normalized spacial score (nSPS) is 11.1. The number of aromatic nitrogens is 2. The molecule has 2 rings (SSSR count). The number of benzene rings is 1. The van der Waals surface area contributed by atoms with Crippen LogP contribution in [-0.2, 0) is 6.42 Å². The maximum Gasteiger partial charge on any atom is 0.107 e. The first-order chi connectivity index (χ1) is 6.70. The summed E-state index contributed by atoms with van der Waals surface area (Å²) in [5.74, 6) is 0.694. The molecular formula is C11H12ClN2. The summed E-state index contributed by atoms with van der Waals surface area (Å²) in [5.41, 5.74) is 3.17. The van der Waals surface area contributed by atoms with Crippen LogP contribution in [0.1, 0.15) is 24.7 Å². The predicted octanol–water partition coefficient (Wildman–Crippen LogP) is 3.35.